The highest BCUT2D eigenvalue weighted by molar-refractivity contribution is 5.76. The molecule has 3 N–H and O–H groups in total. The van der Waals surface area contributed by atoms with Crippen molar-refractivity contribution in [3.63, 3.8) is 0 Å². The molecule has 0 saturated carbocycles. The van der Waals surface area contributed by atoms with Gasteiger partial charge in [0, 0.05) is 19.0 Å². The molecule has 0 rings (SSSR count). The van der Waals surface area contributed by atoms with Gasteiger partial charge in [-0.15, -0.1) is 0 Å². The van der Waals surface area contributed by atoms with Crippen molar-refractivity contribution in [1.29, 1.82) is 0 Å². The Balaban J connectivity index is 3.40. The highest BCUT2D eigenvalue weighted by atomic mass is 16.3. The van der Waals surface area contributed by atoms with Crippen molar-refractivity contribution in [1.82, 2.24) is 10.6 Å². The van der Waals surface area contributed by atoms with E-state index in [1.165, 1.54) is 0 Å². The molecule has 0 radical (unpaired) electrons. The predicted octanol–water partition coefficient (Wildman–Crippen LogP) is 0.652. The first-order chi connectivity index (χ1) is 7.06. The summed E-state index contributed by atoms with van der Waals surface area (Å²) in [7, 11) is 0. The van der Waals surface area contributed by atoms with E-state index >= 15 is 0 Å². The second kappa shape index (κ2) is 8.68. The standard InChI is InChI=1S/C11H24N2O2/c1-4-12-9(2)8-11(15)13-7-5-6-10(3)14/h9-10,12,14H,4-8H2,1-3H3,(H,13,15). The fourth-order valence-corrected chi connectivity index (χ4v) is 1.40. The Hall–Kier alpha value is -0.610. The zero-order chi connectivity index (χ0) is 11.7. The van der Waals surface area contributed by atoms with Gasteiger partial charge in [-0.25, -0.2) is 0 Å². The summed E-state index contributed by atoms with van der Waals surface area (Å²) in [5.74, 6) is 0.0778. The van der Waals surface area contributed by atoms with Crippen LogP contribution in [0.3, 0.4) is 0 Å². The zero-order valence-corrected chi connectivity index (χ0v) is 10.0. The normalized spacial score (nSPS) is 14.7. The highest BCUT2D eigenvalue weighted by Gasteiger charge is 2.06. The van der Waals surface area contributed by atoms with Crippen molar-refractivity contribution < 1.29 is 9.90 Å². The lowest BCUT2D eigenvalue weighted by atomic mass is 10.2. The van der Waals surface area contributed by atoms with Gasteiger partial charge in [-0.05, 0) is 33.2 Å². The van der Waals surface area contributed by atoms with Gasteiger partial charge in [-0.3, -0.25) is 4.79 Å². The van der Waals surface area contributed by atoms with Crippen molar-refractivity contribution in [3.05, 3.63) is 0 Å². The van der Waals surface area contributed by atoms with Crippen LogP contribution in [0.25, 0.3) is 0 Å². The van der Waals surface area contributed by atoms with Crippen LogP contribution < -0.4 is 10.6 Å². The van der Waals surface area contributed by atoms with Crippen LogP contribution in [-0.4, -0.2) is 36.2 Å². The molecular formula is C11H24N2O2. The molecular weight excluding hydrogens is 192 g/mol. The van der Waals surface area contributed by atoms with E-state index in [1.54, 1.807) is 6.92 Å². The third-order valence-corrected chi connectivity index (χ3v) is 2.17. The van der Waals surface area contributed by atoms with Gasteiger partial charge in [-0.1, -0.05) is 6.92 Å². The van der Waals surface area contributed by atoms with Crippen molar-refractivity contribution in [2.75, 3.05) is 13.1 Å². The summed E-state index contributed by atoms with van der Waals surface area (Å²) in [6.07, 6.45) is 1.81. The molecule has 0 saturated heterocycles. The third-order valence-electron chi connectivity index (χ3n) is 2.17. The van der Waals surface area contributed by atoms with E-state index in [4.69, 9.17) is 5.11 Å². The van der Waals surface area contributed by atoms with Gasteiger partial charge in [0.25, 0.3) is 0 Å². The van der Waals surface area contributed by atoms with Crippen molar-refractivity contribution >= 4 is 5.91 Å². The number of rotatable bonds is 8. The molecule has 0 aliphatic rings. The van der Waals surface area contributed by atoms with Crippen LogP contribution in [0, 0.1) is 0 Å². The van der Waals surface area contributed by atoms with Gasteiger partial charge in [0.1, 0.15) is 0 Å². The topological polar surface area (TPSA) is 61.4 Å². The second-order valence-electron chi connectivity index (χ2n) is 4.00. The van der Waals surface area contributed by atoms with Gasteiger partial charge in [0.2, 0.25) is 5.91 Å². The molecule has 90 valence electrons. The van der Waals surface area contributed by atoms with Gasteiger partial charge in [-0.2, -0.15) is 0 Å². The molecule has 0 fully saturated rings. The minimum absolute atomic E-state index is 0.0778. The highest BCUT2D eigenvalue weighted by Crippen LogP contribution is 1.94. The van der Waals surface area contributed by atoms with Gasteiger partial charge in [0.15, 0.2) is 0 Å². The Morgan fingerprint density at radius 3 is 2.60 bits per heavy atom. The van der Waals surface area contributed by atoms with Gasteiger partial charge in [0.05, 0.1) is 6.10 Å². The third kappa shape index (κ3) is 9.69. The molecule has 4 nitrogen and oxygen atoms in total. The summed E-state index contributed by atoms with van der Waals surface area (Å²) in [6, 6.07) is 0.228. The molecule has 0 aromatic heterocycles. The molecule has 0 bridgehead atoms. The van der Waals surface area contributed by atoms with E-state index in [9.17, 15) is 4.79 Å². The van der Waals surface area contributed by atoms with Crippen LogP contribution in [0.5, 0.6) is 0 Å². The molecule has 0 aliphatic heterocycles. The Bertz CT molecular complexity index is 172. The molecule has 4 heteroatoms. The zero-order valence-electron chi connectivity index (χ0n) is 10.0. The Labute approximate surface area is 92.4 Å². The molecule has 0 aromatic carbocycles. The summed E-state index contributed by atoms with van der Waals surface area (Å²) in [5, 5.41) is 15.0. The van der Waals surface area contributed by atoms with Gasteiger partial charge >= 0.3 is 0 Å². The minimum atomic E-state index is -0.275. The number of carbonyl (C=O) groups excluding carboxylic acids is 1. The summed E-state index contributed by atoms with van der Waals surface area (Å²) in [4.78, 5) is 11.4. The first-order valence-corrected chi connectivity index (χ1v) is 5.74. The lowest BCUT2D eigenvalue weighted by Gasteiger charge is -2.12. The summed E-state index contributed by atoms with van der Waals surface area (Å²) in [6.45, 7) is 7.32. The van der Waals surface area contributed by atoms with E-state index in [0.717, 1.165) is 19.4 Å². The summed E-state index contributed by atoms with van der Waals surface area (Å²) < 4.78 is 0. The summed E-state index contributed by atoms with van der Waals surface area (Å²) in [5.41, 5.74) is 0. The van der Waals surface area contributed by atoms with E-state index in [0.29, 0.717) is 13.0 Å². The maximum absolute atomic E-state index is 11.4. The molecule has 2 atom stereocenters. The molecule has 15 heavy (non-hydrogen) atoms. The van der Waals surface area contributed by atoms with Crippen LogP contribution in [0.1, 0.15) is 40.0 Å². The fraction of sp³-hybridized carbons (Fsp3) is 0.909. The van der Waals surface area contributed by atoms with Crippen molar-refractivity contribution in [3.8, 4) is 0 Å². The van der Waals surface area contributed by atoms with E-state index in [1.807, 2.05) is 13.8 Å². The smallest absolute Gasteiger partial charge is 0.221 e. The monoisotopic (exact) mass is 216 g/mol. The molecule has 0 heterocycles. The number of carbonyl (C=O) groups is 1. The Morgan fingerprint density at radius 1 is 1.40 bits per heavy atom. The number of aliphatic hydroxyl groups is 1. The maximum atomic E-state index is 11.4. The maximum Gasteiger partial charge on any atom is 0.221 e. The average molecular weight is 216 g/mol. The molecule has 0 aromatic rings. The lowest BCUT2D eigenvalue weighted by Crippen LogP contribution is -2.34. The lowest BCUT2D eigenvalue weighted by molar-refractivity contribution is -0.121. The van der Waals surface area contributed by atoms with Crippen molar-refractivity contribution in [2.24, 2.45) is 0 Å². The molecule has 0 spiro atoms. The first-order valence-electron chi connectivity index (χ1n) is 5.74. The second-order valence-corrected chi connectivity index (χ2v) is 4.00. The largest absolute Gasteiger partial charge is 0.393 e. The van der Waals surface area contributed by atoms with Gasteiger partial charge < -0.3 is 15.7 Å². The number of hydrogen-bond acceptors (Lipinski definition) is 3. The number of aliphatic hydroxyl groups excluding tert-OH is 1. The van der Waals surface area contributed by atoms with Crippen molar-refractivity contribution in [2.45, 2.75) is 52.2 Å². The Kier molecular flexibility index (Phi) is 8.33. The summed E-state index contributed by atoms with van der Waals surface area (Å²) >= 11 is 0. The van der Waals surface area contributed by atoms with E-state index in [2.05, 4.69) is 10.6 Å². The first kappa shape index (κ1) is 14.4. The van der Waals surface area contributed by atoms with E-state index < -0.39 is 0 Å². The van der Waals surface area contributed by atoms with Crippen LogP contribution >= 0.6 is 0 Å². The average Bonchev–Trinajstić information content (AvgIpc) is 2.12. The predicted molar refractivity (Wildman–Crippen MR) is 61.7 cm³/mol. The van der Waals surface area contributed by atoms with Crippen LogP contribution in [0.2, 0.25) is 0 Å². The fourth-order valence-electron chi connectivity index (χ4n) is 1.40. The Morgan fingerprint density at radius 2 is 2.07 bits per heavy atom. The number of nitrogens with one attached hydrogen (secondary N) is 2. The van der Waals surface area contributed by atoms with E-state index in [-0.39, 0.29) is 18.1 Å². The minimum Gasteiger partial charge on any atom is -0.393 e. The molecule has 1 amide bonds. The quantitative estimate of drug-likeness (QED) is 0.522. The SMILES string of the molecule is CCNC(C)CC(=O)NCCCC(C)O. The van der Waals surface area contributed by atoms with Crippen LogP contribution in [0.15, 0.2) is 0 Å². The van der Waals surface area contributed by atoms with Crippen LogP contribution in [0.4, 0.5) is 0 Å². The van der Waals surface area contributed by atoms with Crippen LogP contribution in [-0.2, 0) is 4.79 Å². The number of amides is 1. The number of hydrogen-bond donors (Lipinski definition) is 3. The molecule has 2 unspecified atom stereocenters. The molecule has 0 aliphatic carbocycles.